The molecule has 218 valence electrons. The monoisotopic (exact) mass is 597 g/mol. The van der Waals surface area contributed by atoms with Gasteiger partial charge in [-0.25, -0.2) is 9.97 Å². The summed E-state index contributed by atoms with van der Waals surface area (Å²) < 4.78 is 2.43. The van der Waals surface area contributed by atoms with Crippen molar-refractivity contribution >= 4 is 32.6 Å². The highest BCUT2D eigenvalue weighted by Gasteiger charge is 2.25. The molecule has 0 bridgehead atoms. The fourth-order valence-corrected chi connectivity index (χ4v) is 7.46. The Morgan fingerprint density at radius 3 is 1.70 bits per heavy atom. The van der Waals surface area contributed by atoms with Crippen molar-refractivity contribution in [3.05, 3.63) is 164 Å². The number of fused-ring (bicyclic) bond motifs is 7. The average molecular weight is 598 g/mol. The van der Waals surface area contributed by atoms with Crippen LogP contribution in [0.2, 0.25) is 0 Å². The fraction of sp³-hybridized carbons (Fsp3) is 0. The second-order valence-electron chi connectivity index (χ2n) is 12.2. The number of rotatable bonds is 4. The Kier molecular flexibility index (Phi) is 5.57. The molecule has 0 spiro atoms. The molecular formula is C44H27N3. The smallest absolute Gasteiger partial charge is 0.160 e. The van der Waals surface area contributed by atoms with Gasteiger partial charge >= 0.3 is 0 Å². The van der Waals surface area contributed by atoms with Crippen molar-refractivity contribution in [1.29, 1.82) is 0 Å². The highest BCUT2D eigenvalue weighted by molar-refractivity contribution is 6.27. The summed E-state index contributed by atoms with van der Waals surface area (Å²) in [7, 11) is 0. The van der Waals surface area contributed by atoms with Gasteiger partial charge < -0.3 is 4.57 Å². The predicted molar refractivity (Wildman–Crippen MR) is 195 cm³/mol. The highest BCUT2D eigenvalue weighted by Crippen LogP contribution is 2.51. The normalized spacial score (nSPS) is 11.8. The van der Waals surface area contributed by atoms with Crippen LogP contribution < -0.4 is 0 Å². The third kappa shape index (κ3) is 3.93. The van der Waals surface area contributed by atoms with Gasteiger partial charge in [-0.2, -0.15) is 0 Å². The van der Waals surface area contributed by atoms with Gasteiger partial charge in [0.1, 0.15) is 0 Å². The Hall–Kier alpha value is -6.32. The number of hydrogen-bond acceptors (Lipinski definition) is 2. The zero-order valence-electron chi connectivity index (χ0n) is 25.4. The first-order valence-corrected chi connectivity index (χ1v) is 16.0. The van der Waals surface area contributed by atoms with Gasteiger partial charge in [0.25, 0.3) is 0 Å². The SMILES string of the molecule is c1ccc(-c2cc(-c3ccccc3)nc(-c3cccc(-n4c5ccccc5c5cc6c7c(cccc7c54)-c4ccccc4-6)c3)n2)cc1. The van der Waals surface area contributed by atoms with Crippen molar-refractivity contribution < 1.29 is 0 Å². The summed E-state index contributed by atoms with van der Waals surface area (Å²) in [5, 5.41) is 5.10. The van der Waals surface area contributed by atoms with Crippen LogP contribution in [0.5, 0.6) is 0 Å². The van der Waals surface area contributed by atoms with E-state index in [1.807, 2.05) is 12.1 Å². The van der Waals surface area contributed by atoms with Crippen LogP contribution in [0.25, 0.3) is 94.4 Å². The third-order valence-electron chi connectivity index (χ3n) is 9.53. The van der Waals surface area contributed by atoms with Crippen LogP contribution >= 0.6 is 0 Å². The van der Waals surface area contributed by atoms with Crippen molar-refractivity contribution in [3.63, 3.8) is 0 Å². The summed E-state index contributed by atoms with van der Waals surface area (Å²) in [4.78, 5) is 10.3. The van der Waals surface area contributed by atoms with Gasteiger partial charge in [0.05, 0.1) is 22.4 Å². The van der Waals surface area contributed by atoms with E-state index in [0.29, 0.717) is 5.82 Å². The van der Waals surface area contributed by atoms with E-state index in [-0.39, 0.29) is 0 Å². The van der Waals surface area contributed by atoms with Gasteiger partial charge in [0.2, 0.25) is 0 Å². The zero-order chi connectivity index (χ0) is 30.9. The van der Waals surface area contributed by atoms with E-state index in [0.717, 1.165) is 33.8 Å². The molecule has 3 nitrogen and oxygen atoms in total. The number of aromatic nitrogens is 3. The first kappa shape index (κ1) is 26.0. The molecule has 0 radical (unpaired) electrons. The van der Waals surface area contributed by atoms with Crippen LogP contribution in [0.4, 0.5) is 0 Å². The first-order valence-electron chi connectivity index (χ1n) is 16.0. The quantitative estimate of drug-likeness (QED) is 0.202. The van der Waals surface area contributed by atoms with Gasteiger partial charge in [-0.15, -0.1) is 0 Å². The van der Waals surface area contributed by atoms with Gasteiger partial charge in [-0.3, -0.25) is 0 Å². The third-order valence-corrected chi connectivity index (χ3v) is 9.53. The molecule has 1 aliphatic rings. The van der Waals surface area contributed by atoms with E-state index in [1.54, 1.807) is 0 Å². The molecule has 47 heavy (non-hydrogen) atoms. The van der Waals surface area contributed by atoms with Crippen LogP contribution in [0.15, 0.2) is 164 Å². The van der Waals surface area contributed by atoms with Gasteiger partial charge in [-0.05, 0) is 58.0 Å². The van der Waals surface area contributed by atoms with E-state index in [2.05, 4.69) is 156 Å². The molecule has 0 unspecified atom stereocenters. The van der Waals surface area contributed by atoms with Crippen LogP contribution in [0.3, 0.4) is 0 Å². The average Bonchev–Trinajstić information content (AvgIpc) is 3.66. The summed E-state index contributed by atoms with van der Waals surface area (Å²) in [6.45, 7) is 0. The van der Waals surface area contributed by atoms with E-state index >= 15 is 0 Å². The maximum Gasteiger partial charge on any atom is 0.160 e. The van der Waals surface area contributed by atoms with E-state index in [4.69, 9.17) is 9.97 Å². The lowest BCUT2D eigenvalue weighted by Crippen LogP contribution is -1.98. The van der Waals surface area contributed by atoms with E-state index in [1.165, 1.54) is 54.8 Å². The Balaban J connectivity index is 1.23. The molecule has 10 rings (SSSR count). The van der Waals surface area contributed by atoms with E-state index in [9.17, 15) is 0 Å². The summed E-state index contributed by atoms with van der Waals surface area (Å²) in [5.74, 6) is 0.704. The van der Waals surface area contributed by atoms with E-state index < -0.39 is 0 Å². The first-order chi connectivity index (χ1) is 23.3. The summed E-state index contributed by atoms with van der Waals surface area (Å²) >= 11 is 0. The molecule has 0 aliphatic heterocycles. The predicted octanol–water partition coefficient (Wildman–Crippen LogP) is 11.4. The molecular weight excluding hydrogens is 571 g/mol. The topological polar surface area (TPSA) is 30.7 Å². The van der Waals surface area contributed by atoms with Crippen molar-refractivity contribution in [3.8, 4) is 61.8 Å². The Morgan fingerprint density at radius 2 is 0.957 bits per heavy atom. The minimum absolute atomic E-state index is 0.704. The molecule has 0 atom stereocenters. The molecule has 0 N–H and O–H groups in total. The van der Waals surface area contributed by atoms with Crippen LogP contribution in [0.1, 0.15) is 0 Å². The molecule has 3 heteroatoms. The largest absolute Gasteiger partial charge is 0.309 e. The maximum absolute atomic E-state index is 5.13. The molecule has 2 heterocycles. The lowest BCUT2D eigenvalue weighted by Gasteiger charge is -2.13. The van der Waals surface area contributed by atoms with Crippen molar-refractivity contribution in [2.75, 3.05) is 0 Å². The second-order valence-corrected chi connectivity index (χ2v) is 12.2. The summed E-state index contributed by atoms with van der Waals surface area (Å²) in [6, 6.07) is 58.2. The molecule has 7 aromatic carbocycles. The van der Waals surface area contributed by atoms with Gasteiger partial charge in [0, 0.05) is 38.5 Å². The summed E-state index contributed by atoms with van der Waals surface area (Å²) in [6.07, 6.45) is 0. The molecule has 2 aromatic heterocycles. The van der Waals surface area contributed by atoms with Crippen LogP contribution in [-0.4, -0.2) is 14.5 Å². The molecule has 0 amide bonds. The van der Waals surface area contributed by atoms with Crippen molar-refractivity contribution in [2.45, 2.75) is 0 Å². The second kappa shape index (κ2) is 10.1. The fourth-order valence-electron chi connectivity index (χ4n) is 7.46. The van der Waals surface area contributed by atoms with Gasteiger partial charge in [-0.1, -0.05) is 133 Å². The molecule has 0 fully saturated rings. The number of para-hydroxylation sites is 1. The Labute approximate surface area is 272 Å². The Bertz CT molecular complexity index is 2610. The van der Waals surface area contributed by atoms with Crippen molar-refractivity contribution in [1.82, 2.24) is 14.5 Å². The molecule has 1 aliphatic carbocycles. The minimum atomic E-state index is 0.704. The minimum Gasteiger partial charge on any atom is -0.309 e. The maximum atomic E-state index is 5.13. The van der Waals surface area contributed by atoms with Crippen molar-refractivity contribution in [2.24, 2.45) is 0 Å². The lowest BCUT2D eigenvalue weighted by molar-refractivity contribution is 1.16. The molecule has 0 saturated carbocycles. The number of hydrogen-bond donors (Lipinski definition) is 0. The zero-order valence-corrected chi connectivity index (χ0v) is 25.4. The Morgan fingerprint density at radius 1 is 0.383 bits per heavy atom. The highest BCUT2D eigenvalue weighted by atomic mass is 15.0. The molecule has 0 saturated heterocycles. The molecule has 9 aromatic rings. The number of benzene rings is 7. The summed E-state index contributed by atoms with van der Waals surface area (Å²) in [5.41, 5.74) is 13.6. The van der Waals surface area contributed by atoms with Gasteiger partial charge in [0.15, 0.2) is 5.82 Å². The van der Waals surface area contributed by atoms with Crippen LogP contribution in [-0.2, 0) is 0 Å². The lowest BCUT2D eigenvalue weighted by atomic mass is 9.99. The van der Waals surface area contributed by atoms with Crippen LogP contribution in [0, 0.1) is 0 Å². The number of nitrogens with zero attached hydrogens (tertiary/aromatic N) is 3. The standard InChI is InChI=1S/C44H27N3/c1-3-13-28(14-4-1)39-27-40(29-15-5-2-6-16-29)46-44(45-39)30-17-11-18-31(25-30)47-41-24-10-9-21-34(41)38-26-37-33-20-8-7-19-32(33)35-22-12-23-36(42(35)37)43(38)47/h1-27H.